The van der Waals surface area contributed by atoms with Gasteiger partial charge in [-0.15, -0.1) is 11.3 Å². The van der Waals surface area contributed by atoms with Crippen LogP contribution >= 0.6 is 11.3 Å². The lowest BCUT2D eigenvalue weighted by molar-refractivity contribution is 0.0988. The summed E-state index contributed by atoms with van der Waals surface area (Å²) in [4.78, 5) is 42.7. The number of fused-ring (bicyclic) bond motifs is 1. The van der Waals surface area contributed by atoms with Crippen molar-refractivity contribution in [2.75, 3.05) is 10.6 Å². The van der Waals surface area contributed by atoms with E-state index in [-0.39, 0.29) is 22.9 Å². The number of nitrogens with zero attached hydrogens (tertiary/aromatic N) is 2. The lowest BCUT2D eigenvalue weighted by atomic mass is 10.2. The number of benzene rings is 2. The van der Waals surface area contributed by atoms with Gasteiger partial charge < -0.3 is 5.73 Å². The number of unbranched alkanes of at least 4 members (excludes halogenated alkanes) is 1. The summed E-state index contributed by atoms with van der Waals surface area (Å²) in [6.45, 7) is 2.34. The highest BCUT2D eigenvalue weighted by molar-refractivity contribution is 7.20. The van der Waals surface area contributed by atoms with Gasteiger partial charge in [0, 0.05) is 16.6 Å². The van der Waals surface area contributed by atoms with Crippen LogP contribution in [-0.4, -0.2) is 15.5 Å². The Hall–Kier alpha value is -3.72. The summed E-state index contributed by atoms with van der Waals surface area (Å²) in [6, 6.07) is 15.3. The van der Waals surface area contributed by atoms with E-state index in [1.165, 1.54) is 21.6 Å². The van der Waals surface area contributed by atoms with Crippen LogP contribution in [0.2, 0.25) is 0 Å². The van der Waals surface area contributed by atoms with Crippen LogP contribution in [0.4, 0.5) is 15.9 Å². The van der Waals surface area contributed by atoms with Crippen LogP contribution in [0, 0.1) is 5.82 Å². The summed E-state index contributed by atoms with van der Waals surface area (Å²) in [5.41, 5.74) is 5.59. The second-order valence-electron chi connectivity index (χ2n) is 7.64. The zero-order valence-corrected chi connectivity index (χ0v) is 18.8. The van der Waals surface area contributed by atoms with Crippen molar-refractivity contribution in [1.82, 2.24) is 9.55 Å². The molecular weight excluding hydrogens is 443 g/mol. The molecule has 3 N–H and O–H groups in total. The standard InChI is InChI=1S/C24H23FN4O3S/c1-2-3-12-28-21(26)20(22(30)27-24(28)32)29(14-15-8-5-4-6-9-15)23(31)19-13-16-17(25)10-7-11-18(16)33-19/h4-11,13H,2-3,12,14,26H2,1H3,(H,27,30,32). The predicted octanol–water partition coefficient (Wildman–Crippen LogP) is 4.12. The molecule has 0 saturated heterocycles. The first-order chi connectivity index (χ1) is 15.9. The number of amides is 1. The van der Waals surface area contributed by atoms with E-state index in [0.29, 0.717) is 23.1 Å². The zero-order valence-electron chi connectivity index (χ0n) is 18.0. The van der Waals surface area contributed by atoms with Gasteiger partial charge in [-0.3, -0.25) is 24.0 Å². The van der Waals surface area contributed by atoms with Crippen molar-refractivity contribution >= 4 is 38.8 Å². The summed E-state index contributed by atoms with van der Waals surface area (Å²) >= 11 is 1.13. The lowest BCUT2D eigenvalue weighted by Crippen LogP contribution is -2.40. The van der Waals surface area contributed by atoms with E-state index in [1.807, 2.05) is 37.3 Å². The minimum atomic E-state index is -0.748. The Morgan fingerprint density at radius 1 is 1.15 bits per heavy atom. The number of nitrogens with two attached hydrogens (primary N) is 1. The molecule has 2 heterocycles. The normalized spacial score (nSPS) is 11.1. The number of hydrogen-bond acceptors (Lipinski definition) is 5. The molecule has 0 bridgehead atoms. The molecule has 9 heteroatoms. The SMILES string of the molecule is CCCCn1c(N)c(N(Cc2ccccc2)C(=O)c2cc3c(F)cccc3s2)c(=O)[nH]c1=O. The summed E-state index contributed by atoms with van der Waals surface area (Å²) in [7, 11) is 0. The number of carbonyl (C=O) groups is 1. The first kappa shape index (κ1) is 22.5. The number of nitrogens with one attached hydrogen (secondary N) is 1. The van der Waals surface area contributed by atoms with Crippen LogP contribution in [0.3, 0.4) is 0 Å². The molecule has 33 heavy (non-hydrogen) atoms. The maximum atomic E-state index is 14.2. The largest absolute Gasteiger partial charge is 0.383 e. The fourth-order valence-corrected chi connectivity index (χ4v) is 4.68. The minimum Gasteiger partial charge on any atom is -0.383 e. The van der Waals surface area contributed by atoms with E-state index >= 15 is 0 Å². The number of rotatable bonds is 7. The first-order valence-electron chi connectivity index (χ1n) is 10.6. The Morgan fingerprint density at radius 2 is 1.91 bits per heavy atom. The fourth-order valence-electron chi connectivity index (χ4n) is 3.66. The molecule has 0 spiro atoms. The molecule has 1 amide bonds. The number of anilines is 2. The maximum absolute atomic E-state index is 14.2. The molecule has 7 nitrogen and oxygen atoms in total. The van der Waals surface area contributed by atoms with Crippen molar-refractivity contribution in [3.05, 3.63) is 91.7 Å². The topological polar surface area (TPSA) is 101 Å². The first-order valence-corrected chi connectivity index (χ1v) is 11.4. The fraction of sp³-hybridized carbons (Fsp3) is 0.208. The summed E-state index contributed by atoms with van der Waals surface area (Å²) in [5, 5.41) is 0.334. The van der Waals surface area contributed by atoms with Gasteiger partial charge in [-0.05, 0) is 30.2 Å². The van der Waals surface area contributed by atoms with Gasteiger partial charge in [-0.2, -0.15) is 0 Å². The highest BCUT2D eigenvalue weighted by Crippen LogP contribution is 2.30. The van der Waals surface area contributed by atoms with Crippen molar-refractivity contribution in [1.29, 1.82) is 0 Å². The summed E-state index contributed by atoms with van der Waals surface area (Å²) < 4.78 is 16.1. The molecule has 2 aromatic heterocycles. The number of carbonyl (C=O) groups excluding carboxylic acids is 1. The summed E-state index contributed by atoms with van der Waals surface area (Å²) in [5.74, 6) is -1.01. The van der Waals surface area contributed by atoms with E-state index in [4.69, 9.17) is 5.73 Å². The van der Waals surface area contributed by atoms with Crippen molar-refractivity contribution in [2.24, 2.45) is 0 Å². The second-order valence-corrected chi connectivity index (χ2v) is 8.72. The van der Waals surface area contributed by atoms with Gasteiger partial charge in [0.05, 0.1) is 11.4 Å². The van der Waals surface area contributed by atoms with E-state index in [2.05, 4.69) is 4.98 Å². The van der Waals surface area contributed by atoms with E-state index < -0.39 is 23.0 Å². The van der Waals surface area contributed by atoms with E-state index in [1.54, 1.807) is 12.1 Å². The molecule has 4 aromatic rings. The third-order valence-corrected chi connectivity index (χ3v) is 6.46. The third kappa shape index (κ3) is 4.45. The number of nitrogen functional groups attached to an aromatic ring is 1. The van der Waals surface area contributed by atoms with Gasteiger partial charge >= 0.3 is 5.69 Å². The van der Waals surface area contributed by atoms with Crippen LogP contribution in [0.5, 0.6) is 0 Å². The molecule has 0 aliphatic rings. The smallest absolute Gasteiger partial charge is 0.330 e. The Kier molecular flexibility index (Phi) is 6.41. The van der Waals surface area contributed by atoms with Gasteiger partial charge in [0.15, 0.2) is 5.69 Å². The molecular formula is C24H23FN4O3S. The van der Waals surface area contributed by atoms with Crippen molar-refractivity contribution in [3.63, 3.8) is 0 Å². The second kappa shape index (κ2) is 9.41. The van der Waals surface area contributed by atoms with Gasteiger partial charge in [0.2, 0.25) is 0 Å². The average Bonchev–Trinajstić information content (AvgIpc) is 3.24. The maximum Gasteiger partial charge on any atom is 0.330 e. The number of aromatic nitrogens is 2. The molecule has 0 aliphatic carbocycles. The third-order valence-electron chi connectivity index (χ3n) is 5.37. The number of halogens is 1. The number of hydrogen-bond donors (Lipinski definition) is 2. The number of aromatic amines is 1. The molecule has 2 aromatic carbocycles. The quantitative estimate of drug-likeness (QED) is 0.428. The van der Waals surface area contributed by atoms with Gasteiger partial charge in [-0.25, -0.2) is 9.18 Å². The molecule has 0 saturated carbocycles. The number of H-pyrrole nitrogens is 1. The van der Waals surface area contributed by atoms with Crippen molar-refractivity contribution in [2.45, 2.75) is 32.9 Å². The van der Waals surface area contributed by atoms with Crippen LogP contribution in [-0.2, 0) is 13.1 Å². The zero-order chi connectivity index (χ0) is 23.5. The lowest BCUT2D eigenvalue weighted by Gasteiger charge is -2.24. The molecule has 0 aliphatic heterocycles. The number of thiophene rings is 1. The van der Waals surface area contributed by atoms with Crippen LogP contribution in [0.25, 0.3) is 10.1 Å². The van der Waals surface area contributed by atoms with Gasteiger partial charge in [0.25, 0.3) is 11.5 Å². The Balaban J connectivity index is 1.87. The molecule has 170 valence electrons. The monoisotopic (exact) mass is 466 g/mol. The average molecular weight is 467 g/mol. The van der Waals surface area contributed by atoms with Gasteiger partial charge in [-0.1, -0.05) is 49.7 Å². The molecule has 0 unspecified atom stereocenters. The van der Waals surface area contributed by atoms with E-state index in [9.17, 15) is 18.8 Å². The minimum absolute atomic E-state index is 0.0513. The Morgan fingerprint density at radius 3 is 2.61 bits per heavy atom. The Labute approximate surface area is 192 Å². The van der Waals surface area contributed by atoms with Crippen LogP contribution in [0.1, 0.15) is 35.0 Å². The predicted molar refractivity (Wildman–Crippen MR) is 129 cm³/mol. The highest BCUT2D eigenvalue weighted by atomic mass is 32.1. The van der Waals surface area contributed by atoms with Gasteiger partial charge in [0.1, 0.15) is 11.6 Å². The molecule has 0 atom stereocenters. The molecule has 0 radical (unpaired) electrons. The molecule has 4 rings (SSSR count). The van der Waals surface area contributed by atoms with Crippen LogP contribution in [0.15, 0.2) is 64.2 Å². The van der Waals surface area contributed by atoms with Crippen LogP contribution < -0.4 is 21.9 Å². The van der Waals surface area contributed by atoms with E-state index in [0.717, 1.165) is 23.3 Å². The van der Waals surface area contributed by atoms with Crippen molar-refractivity contribution < 1.29 is 9.18 Å². The Bertz CT molecular complexity index is 1430. The molecule has 0 fully saturated rings. The highest BCUT2D eigenvalue weighted by Gasteiger charge is 2.27. The van der Waals surface area contributed by atoms with Crippen molar-refractivity contribution in [3.8, 4) is 0 Å². The summed E-state index contributed by atoms with van der Waals surface area (Å²) in [6.07, 6.45) is 1.50.